The second-order valence-corrected chi connectivity index (χ2v) is 4.45. The minimum Gasteiger partial charge on any atom is -0.294 e. The number of benzene rings is 1. The van der Waals surface area contributed by atoms with Crippen molar-refractivity contribution in [1.29, 1.82) is 0 Å². The second-order valence-electron chi connectivity index (χ2n) is 3.38. The molecule has 0 aliphatic rings. The van der Waals surface area contributed by atoms with Crippen molar-refractivity contribution >= 4 is 23.2 Å². The lowest BCUT2D eigenvalue weighted by atomic mass is 10.1. The topological polar surface area (TPSA) is 102 Å². The molecule has 8 heteroatoms. The average molecular weight is 264 g/mol. The van der Waals surface area contributed by atoms with Crippen LogP contribution in [0.25, 0.3) is 0 Å². The van der Waals surface area contributed by atoms with Gasteiger partial charge in [0.15, 0.2) is 10.9 Å². The fourth-order valence-corrected chi connectivity index (χ4v) is 2.11. The monoisotopic (exact) mass is 264 g/mol. The fraction of sp³-hybridized carbons (Fsp3) is 0.100. The Bertz CT molecular complexity index is 597. The van der Waals surface area contributed by atoms with Gasteiger partial charge in [0.2, 0.25) is 0 Å². The van der Waals surface area contributed by atoms with Gasteiger partial charge in [0.25, 0.3) is 5.69 Å². The van der Waals surface area contributed by atoms with Crippen molar-refractivity contribution in [3.63, 3.8) is 0 Å². The van der Waals surface area contributed by atoms with Crippen LogP contribution in [0.3, 0.4) is 0 Å². The predicted molar refractivity (Wildman–Crippen MR) is 63.6 cm³/mol. The van der Waals surface area contributed by atoms with Gasteiger partial charge in [-0.05, 0) is 19.1 Å². The molecule has 0 radical (unpaired) electrons. The Hall–Kier alpha value is -2.22. The van der Waals surface area contributed by atoms with Crippen LogP contribution in [-0.2, 0) is 0 Å². The number of carbonyl (C=O) groups is 1. The molecule has 2 aromatic rings. The number of rotatable bonds is 4. The van der Waals surface area contributed by atoms with Crippen LogP contribution in [0.1, 0.15) is 17.3 Å². The van der Waals surface area contributed by atoms with Crippen molar-refractivity contribution in [1.82, 2.24) is 15.2 Å². The van der Waals surface area contributed by atoms with E-state index in [0.717, 1.165) is 0 Å². The average Bonchev–Trinajstić information content (AvgIpc) is 2.81. The number of nitro benzene ring substituents is 1. The molecule has 92 valence electrons. The molecule has 1 heterocycles. The number of nitro groups is 1. The molecule has 0 aliphatic heterocycles. The Balaban J connectivity index is 2.37. The molecule has 0 saturated carbocycles. The molecule has 0 unspecified atom stereocenters. The van der Waals surface area contributed by atoms with E-state index in [4.69, 9.17) is 0 Å². The van der Waals surface area contributed by atoms with Gasteiger partial charge < -0.3 is 0 Å². The molecule has 1 N–H and O–H groups in total. The second kappa shape index (κ2) is 4.96. The number of H-pyrrole nitrogens is 1. The summed E-state index contributed by atoms with van der Waals surface area (Å²) in [6.07, 6.45) is 1.35. The Kier molecular flexibility index (Phi) is 3.38. The van der Waals surface area contributed by atoms with Crippen LogP contribution in [0.4, 0.5) is 5.69 Å². The number of Topliss-reactive ketones (excluding diaryl/α,β-unsaturated/α-hetero) is 1. The van der Waals surface area contributed by atoms with E-state index in [1.165, 1.54) is 37.1 Å². The van der Waals surface area contributed by atoms with Crippen LogP contribution in [0.2, 0.25) is 0 Å². The molecule has 0 spiro atoms. The van der Waals surface area contributed by atoms with Crippen molar-refractivity contribution in [3.05, 3.63) is 40.2 Å². The molecule has 0 atom stereocenters. The molecule has 2 rings (SSSR count). The van der Waals surface area contributed by atoms with E-state index in [2.05, 4.69) is 15.2 Å². The Labute approximate surface area is 106 Å². The van der Waals surface area contributed by atoms with Crippen LogP contribution in [0, 0.1) is 10.1 Å². The number of hydrogen-bond donors (Lipinski definition) is 1. The summed E-state index contributed by atoms with van der Waals surface area (Å²) in [5, 5.41) is 17.7. The van der Waals surface area contributed by atoms with Crippen molar-refractivity contribution < 1.29 is 9.72 Å². The molecule has 0 saturated heterocycles. The maximum absolute atomic E-state index is 11.3. The molecular weight excluding hydrogens is 256 g/mol. The number of aromatic nitrogens is 3. The molecule has 1 aromatic heterocycles. The number of aromatic amines is 1. The lowest BCUT2D eigenvalue weighted by molar-refractivity contribution is -0.385. The van der Waals surface area contributed by atoms with E-state index in [-0.39, 0.29) is 17.0 Å². The van der Waals surface area contributed by atoms with Crippen LogP contribution in [0.5, 0.6) is 0 Å². The molecule has 7 nitrogen and oxygen atoms in total. The Morgan fingerprint density at radius 2 is 2.28 bits per heavy atom. The first-order valence-corrected chi connectivity index (χ1v) is 5.72. The van der Waals surface area contributed by atoms with Crippen molar-refractivity contribution in [2.75, 3.05) is 0 Å². The molecule has 18 heavy (non-hydrogen) atoms. The number of nitrogens with zero attached hydrogens (tertiary/aromatic N) is 3. The highest BCUT2D eigenvalue weighted by Gasteiger charge is 2.18. The minimum absolute atomic E-state index is 0.0990. The van der Waals surface area contributed by atoms with Gasteiger partial charge in [-0.2, -0.15) is 5.10 Å². The van der Waals surface area contributed by atoms with Crippen molar-refractivity contribution in [2.45, 2.75) is 17.0 Å². The number of nitrogens with one attached hydrogen (secondary N) is 1. The molecule has 1 aromatic carbocycles. The zero-order valence-corrected chi connectivity index (χ0v) is 10.1. The van der Waals surface area contributed by atoms with Gasteiger partial charge >= 0.3 is 0 Å². The summed E-state index contributed by atoms with van der Waals surface area (Å²) in [5.74, 6) is -0.335. The lowest BCUT2D eigenvalue weighted by Gasteiger charge is -2.01. The predicted octanol–water partition coefficient (Wildman–Crippen LogP) is 2.07. The lowest BCUT2D eigenvalue weighted by Crippen LogP contribution is -2.00. The fourth-order valence-electron chi connectivity index (χ4n) is 1.38. The van der Waals surface area contributed by atoms with E-state index in [0.29, 0.717) is 10.1 Å². The summed E-state index contributed by atoms with van der Waals surface area (Å²) < 4.78 is 0. The third-order valence-electron chi connectivity index (χ3n) is 2.15. The van der Waals surface area contributed by atoms with E-state index in [1.807, 2.05) is 0 Å². The quantitative estimate of drug-likeness (QED) is 0.515. The summed E-state index contributed by atoms with van der Waals surface area (Å²) in [5.41, 5.74) is -0.103. The van der Waals surface area contributed by atoms with Gasteiger partial charge in [-0.1, -0.05) is 11.8 Å². The zero-order valence-electron chi connectivity index (χ0n) is 9.28. The van der Waals surface area contributed by atoms with Gasteiger partial charge in [0.1, 0.15) is 6.33 Å². The third-order valence-corrected chi connectivity index (χ3v) is 3.03. The van der Waals surface area contributed by atoms with Crippen molar-refractivity contribution in [3.8, 4) is 0 Å². The van der Waals surface area contributed by atoms with E-state index >= 15 is 0 Å². The van der Waals surface area contributed by atoms with Crippen molar-refractivity contribution in [2.24, 2.45) is 0 Å². The zero-order chi connectivity index (χ0) is 13.1. The van der Waals surface area contributed by atoms with Crippen LogP contribution >= 0.6 is 11.8 Å². The summed E-state index contributed by atoms with van der Waals surface area (Å²) in [6.45, 7) is 1.30. The summed E-state index contributed by atoms with van der Waals surface area (Å²) in [6, 6.07) is 4.43. The molecule has 0 fully saturated rings. The van der Waals surface area contributed by atoms with Crippen LogP contribution in [-0.4, -0.2) is 25.9 Å². The maximum atomic E-state index is 11.3. The van der Waals surface area contributed by atoms with E-state index in [1.54, 1.807) is 6.07 Å². The van der Waals surface area contributed by atoms with Gasteiger partial charge in [-0.25, -0.2) is 4.98 Å². The van der Waals surface area contributed by atoms with E-state index in [9.17, 15) is 14.9 Å². The first-order chi connectivity index (χ1) is 8.58. The van der Waals surface area contributed by atoms with Gasteiger partial charge in [0, 0.05) is 11.0 Å². The first-order valence-electron chi connectivity index (χ1n) is 4.90. The molecule has 0 bridgehead atoms. The maximum Gasteiger partial charge on any atom is 0.281 e. The smallest absolute Gasteiger partial charge is 0.281 e. The number of ketones is 1. The number of carbonyl (C=O) groups excluding carboxylic acids is 1. The Morgan fingerprint density at radius 1 is 1.50 bits per heavy atom. The summed E-state index contributed by atoms with van der Waals surface area (Å²) >= 11 is 1.20. The minimum atomic E-state index is -0.568. The molecule has 0 aliphatic carbocycles. The normalized spacial score (nSPS) is 10.3. The largest absolute Gasteiger partial charge is 0.294 e. The highest BCUT2D eigenvalue weighted by Crippen LogP contribution is 2.29. The Morgan fingerprint density at radius 3 is 2.83 bits per heavy atom. The summed E-state index contributed by atoms with van der Waals surface area (Å²) in [4.78, 5) is 26.1. The summed E-state index contributed by atoms with van der Waals surface area (Å²) in [7, 11) is 0. The van der Waals surface area contributed by atoms with E-state index < -0.39 is 4.92 Å². The highest BCUT2D eigenvalue weighted by molar-refractivity contribution is 7.99. The first kappa shape index (κ1) is 12.2. The number of hydrogen-bond acceptors (Lipinski definition) is 6. The van der Waals surface area contributed by atoms with Crippen LogP contribution in [0.15, 0.2) is 34.6 Å². The van der Waals surface area contributed by atoms with Gasteiger partial charge in [0.05, 0.1) is 10.5 Å². The molecular formula is C10H8N4O3S. The van der Waals surface area contributed by atoms with Gasteiger partial charge in [-0.15, -0.1) is 0 Å². The van der Waals surface area contributed by atoms with Crippen LogP contribution < -0.4 is 0 Å². The van der Waals surface area contributed by atoms with Gasteiger partial charge in [-0.3, -0.25) is 20.0 Å². The molecule has 0 amide bonds. The SMILES string of the molecule is CC(=O)c1ccc(Sc2ncn[nH]2)cc1[N+](=O)[O-]. The highest BCUT2D eigenvalue weighted by atomic mass is 32.2. The standard InChI is InChI=1S/C10H8N4O3S/c1-6(15)8-3-2-7(4-9(8)14(16)17)18-10-11-5-12-13-10/h2-5H,1H3,(H,11,12,13). The third kappa shape index (κ3) is 2.54.